The Balaban J connectivity index is 1.56. The Morgan fingerprint density at radius 3 is 2.36 bits per heavy atom. The summed E-state index contributed by atoms with van der Waals surface area (Å²) >= 11 is 5.97. The van der Waals surface area contributed by atoms with Crippen LogP contribution in [0.1, 0.15) is 48.3 Å². The molecule has 1 unspecified atom stereocenters. The SMILES string of the molecule is CN(C(=O)C(NC(=O)C=Cc1c(-n2ncnn2)ccc(Cl)c1F)c1ccccc1)c1ccc(C(=O)OC(C)(C)C)cc1. The third kappa shape index (κ3) is 7.24. The molecule has 216 valence electrons. The molecule has 0 saturated heterocycles. The van der Waals surface area contributed by atoms with E-state index in [2.05, 4.69) is 20.7 Å². The van der Waals surface area contributed by atoms with E-state index in [4.69, 9.17) is 16.3 Å². The van der Waals surface area contributed by atoms with Crippen LogP contribution in [0.25, 0.3) is 11.8 Å². The van der Waals surface area contributed by atoms with Crippen molar-refractivity contribution in [2.75, 3.05) is 11.9 Å². The minimum absolute atomic E-state index is 0.0413. The van der Waals surface area contributed by atoms with Crippen molar-refractivity contribution in [3.8, 4) is 5.69 Å². The normalized spacial score (nSPS) is 12.1. The number of rotatable bonds is 8. The van der Waals surface area contributed by atoms with Gasteiger partial charge in [0.05, 0.1) is 16.3 Å². The van der Waals surface area contributed by atoms with Gasteiger partial charge in [-0.15, -0.1) is 15.0 Å². The van der Waals surface area contributed by atoms with E-state index in [1.807, 2.05) is 0 Å². The zero-order chi connectivity index (χ0) is 30.4. The van der Waals surface area contributed by atoms with Gasteiger partial charge in [0.25, 0.3) is 5.91 Å². The molecule has 1 atom stereocenters. The van der Waals surface area contributed by atoms with Gasteiger partial charge in [-0.1, -0.05) is 41.9 Å². The van der Waals surface area contributed by atoms with Crippen molar-refractivity contribution in [3.63, 3.8) is 0 Å². The number of nitrogens with one attached hydrogen (secondary N) is 1. The van der Waals surface area contributed by atoms with Gasteiger partial charge in [-0.2, -0.15) is 0 Å². The van der Waals surface area contributed by atoms with Crippen LogP contribution in [0.3, 0.4) is 0 Å². The maximum absolute atomic E-state index is 14.9. The first-order valence-corrected chi connectivity index (χ1v) is 13.2. The summed E-state index contributed by atoms with van der Waals surface area (Å²) in [6.07, 6.45) is 3.50. The van der Waals surface area contributed by atoms with Crippen LogP contribution >= 0.6 is 11.6 Å². The van der Waals surface area contributed by atoms with Gasteiger partial charge in [0.1, 0.15) is 11.6 Å². The Bertz CT molecular complexity index is 1600. The summed E-state index contributed by atoms with van der Waals surface area (Å²) in [7, 11) is 1.56. The van der Waals surface area contributed by atoms with Crippen molar-refractivity contribution in [2.24, 2.45) is 0 Å². The number of halogens is 2. The molecular formula is C30H28ClFN6O4. The van der Waals surface area contributed by atoms with Gasteiger partial charge in [0, 0.05) is 24.4 Å². The Hall–Kier alpha value is -4.90. The highest BCUT2D eigenvalue weighted by Crippen LogP contribution is 2.26. The van der Waals surface area contributed by atoms with Gasteiger partial charge in [-0.05, 0) is 74.0 Å². The topological polar surface area (TPSA) is 119 Å². The number of tetrazole rings is 1. The molecular weight excluding hydrogens is 563 g/mol. The highest BCUT2D eigenvalue weighted by molar-refractivity contribution is 6.31. The molecule has 0 fully saturated rings. The summed E-state index contributed by atoms with van der Waals surface area (Å²) in [6.45, 7) is 5.33. The molecule has 0 aliphatic carbocycles. The molecule has 42 heavy (non-hydrogen) atoms. The minimum atomic E-state index is -1.08. The third-order valence-electron chi connectivity index (χ3n) is 5.96. The van der Waals surface area contributed by atoms with E-state index in [9.17, 15) is 18.8 Å². The number of aromatic nitrogens is 4. The van der Waals surface area contributed by atoms with Crippen LogP contribution in [-0.4, -0.2) is 50.6 Å². The highest BCUT2D eigenvalue weighted by atomic mass is 35.5. The van der Waals surface area contributed by atoms with Crippen LogP contribution in [-0.2, 0) is 14.3 Å². The largest absolute Gasteiger partial charge is 0.456 e. The summed E-state index contributed by atoms with van der Waals surface area (Å²) in [4.78, 5) is 41.6. The second kappa shape index (κ2) is 12.7. The molecule has 4 aromatic rings. The highest BCUT2D eigenvalue weighted by Gasteiger charge is 2.27. The number of carbonyl (C=O) groups is 3. The lowest BCUT2D eigenvalue weighted by Crippen LogP contribution is -2.41. The molecule has 0 radical (unpaired) electrons. The average molecular weight is 591 g/mol. The smallest absolute Gasteiger partial charge is 0.338 e. The van der Waals surface area contributed by atoms with Gasteiger partial charge >= 0.3 is 5.97 Å². The molecule has 4 rings (SSSR count). The van der Waals surface area contributed by atoms with Crippen LogP contribution < -0.4 is 10.2 Å². The summed E-state index contributed by atoms with van der Waals surface area (Å²) in [5, 5.41) is 13.8. The number of hydrogen-bond acceptors (Lipinski definition) is 7. The zero-order valence-electron chi connectivity index (χ0n) is 23.3. The maximum atomic E-state index is 14.9. The van der Waals surface area contributed by atoms with E-state index < -0.39 is 35.2 Å². The molecule has 3 aromatic carbocycles. The summed E-state index contributed by atoms with van der Waals surface area (Å²) in [6, 6.07) is 16.8. The quantitative estimate of drug-likeness (QED) is 0.228. The number of benzene rings is 3. The van der Waals surface area contributed by atoms with Gasteiger partial charge in [0.2, 0.25) is 5.91 Å². The Kier molecular flexibility index (Phi) is 9.12. The number of carbonyl (C=O) groups excluding carboxylic acids is 3. The lowest BCUT2D eigenvalue weighted by atomic mass is 10.0. The van der Waals surface area contributed by atoms with E-state index >= 15 is 0 Å². The fourth-order valence-electron chi connectivity index (χ4n) is 3.93. The lowest BCUT2D eigenvalue weighted by Gasteiger charge is -2.25. The summed E-state index contributed by atoms with van der Waals surface area (Å²) in [5.41, 5.74) is 0.878. The fraction of sp³-hybridized carbons (Fsp3) is 0.200. The molecule has 0 aliphatic heterocycles. The van der Waals surface area contributed by atoms with E-state index in [1.165, 1.54) is 29.4 Å². The Morgan fingerprint density at radius 1 is 1.05 bits per heavy atom. The van der Waals surface area contributed by atoms with E-state index in [-0.39, 0.29) is 16.3 Å². The van der Waals surface area contributed by atoms with Crippen molar-refractivity contribution in [2.45, 2.75) is 32.4 Å². The second-order valence-electron chi connectivity index (χ2n) is 10.2. The minimum Gasteiger partial charge on any atom is -0.456 e. The molecule has 1 aromatic heterocycles. The van der Waals surface area contributed by atoms with Gasteiger partial charge in [-0.25, -0.2) is 9.18 Å². The maximum Gasteiger partial charge on any atom is 0.338 e. The van der Waals surface area contributed by atoms with E-state index in [0.29, 0.717) is 16.8 Å². The molecule has 0 saturated carbocycles. The molecule has 0 spiro atoms. The number of ether oxygens (including phenoxy) is 1. The van der Waals surface area contributed by atoms with Crippen molar-refractivity contribution in [3.05, 3.63) is 107 Å². The monoisotopic (exact) mass is 590 g/mol. The van der Waals surface area contributed by atoms with Gasteiger partial charge < -0.3 is 15.0 Å². The standard InChI is InChI=1S/C30H28ClFN6O4/c1-30(2,3)42-29(41)20-10-12-21(13-11-20)37(4)28(40)27(19-8-6-5-7-9-19)35-25(39)17-14-22-24(38-34-18-33-36-38)16-15-23(31)26(22)32/h5-18,27H,1-4H3,(H,35,39). The molecule has 1 N–H and O–H groups in total. The first-order valence-electron chi connectivity index (χ1n) is 12.8. The first kappa shape index (κ1) is 30.1. The summed E-state index contributed by atoms with van der Waals surface area (Å²) in [5.74, 6) is -2.37. The van der Waals surface area contributed by atoms with Crippen LogP contribution in [0, 0.1) is 5.82 Å². The Morgan fingerprint density at radius 2 is 1.74 bits per heavy atom. The Labute approximate surface area is 246 Å². The molecule has 1 heterocycles. The van der Waals surface area contributed by atoms with E-state index in [0.717, 1.165) is 10.9 Å². The number of anilines is 1. The third-order valence-corrected chi connectivity index (χ3v) is 6.25. The van der Waals surface area contributed by atoms with Crippen LogP contribution in [0.5, 0.6) is 0 Å². The van der Waals surface area contributed by atoms with Gasteiger partial charge in [0.15, 0.2) is 12.1 Å². The van der Waals surface area contributed by atoms with Crippen LogP contribution in [0.4, 0.5) is 10.1 Å². The molecule has 10 nitrogen and oxygen atoms in total. The first-order chi connectivity index (χ1) is 19.9. The van der Waals surface area contributed by atoms with Crippen LogP contribution in [0.15, 0.2) is 79.1 Å². The predicted molar refractivity (Wildman–Crippen MR) is 156 cm³/mol. The molecule has 0 bridgehead atoms. The predicted octanol–water partition coefficient (Wildman–Crippen LogP) is 4.94. The second-order valence-corrected chi connectivity index (χ2v) is 10.6. The average Bonchev–Trinajstić information content (AvgIpc) is 3.50. The van der Waals surface area contributed by atoms with Crippen molar-refractivity contribution in [1.82, 2.24) is 25.5 Å². The van der Waals surface area contributed by atoms with E-state index in [1.54, 1.807) is 82.4 Å². The summed E-state index contributed by atoms with van der Waals surface area (Å²) < 4.78 is 20.3. The van der Waals surface area contributed by atoms with Crippen LogP contribution in [0.2, 0.25) is 5.02 Å². The number of likely N-dealkylation sites (N-methyl/N-ethyl adjacent to an activating group) is 1. The number of amides is 2. The molecule has 12 heteroatoms. The van der Waals surface area contributed by atoms with Crippen molar-refractivity contribution in [1.29, 1.82) is 0 Å². The van der Waals surface area contributed by atoms with Crippen molar-refractivity contribution < 1.29 is 23.5 Å². The molecule has 0 aliphatic rings. The zero-order valence-corrected chi connectivity index (χ0v) is 24.0. The number of nitrogens with zero attached hydrogens (tertiary/aromatic N) is 5. The molecule has 2 amide bonds. The number of esters is 1. The fourth-order valence-corrected chi connectivity index (χ4v) is 4.09. The van der Waals surface area contributed by atoms with Crippen molar-refractivity contribution >= 4 is 41.1 Å². The van der Waals surface area contributed by atoms with Gasteiger partial charge in [-0.3, -0.25) is 9.59 Å². The number of hydrogen-bond donors (Lipinski definition) is 1. The lowest BCUT2D eigenvalue weighted by molar-refractivity contribution is -0.125.